The average Bonchev–Trinajstić information content (AvgIpc) is 2.60. The van der Waals surface area contributed by atoms with Crippen LogP contribution in [0.3, 0.4) is 0 Å². The molecule has 0 aromatic heterocycles. The molecule has 40 heteroatoms. The quantitative estimate of drug-likeness (QED) is 0.0761. The molecule has 0 aliphatic rings. The summed E-state index contributed by atoms with van der Waals surface area (Å²) in [6.45, 7) is -4.20. The van der Waals surface area contributed by atoms with Crippen LogP contribution in [0.4, 0.5) is 0 Å². The molecule has 0 aromatic carbocycles. The summed E-state index contributed by atoms with van der Waals surface area (Å²) in [5.41, 5.74) is 0. The van der Waals surface area contributed by atoms with Gasteiger partial charge in [0.1, 0.15) is 0 Å². The molecule has 0 aromatic rings. The van der Waals surface area contributed by atoms with Gasteiger partial charge in [-0.2, -0.15) is 0 Å². The van der Waals surface area contributed by atoms with Gasteiger partial charge in [0.05, 0.1) is 0 Å². The molecule has 0 atom stereocenters. The first kappa shape index (κ1) is 105. The molecule has 0 N–H and O–H groups in total. The largest absolute Gasteiger partial charge is 1.00 e. The maximum absolute atomic E-state index is 11.3. The Balaban J connectivity index is -0.000000115. The molecule has 242 valence electrons. The van der Waals surface area contributed by atoms with Crippen LogP contribution in [-0.2, 0) is 27.4 Å². The summed E-state index contributed by atoms with van der Waals surface area (Å²) in [4.78, 5) is 135. The van der Waals surface area contributed by atoms with Gasteiger partial charge in [-0.05, 0) is 0 Å². The molecule has 0 saturated carbocycles. The van der Waals surface area contributed by atoms with Gasteiger partial charge in [0.15, 0.2) is 0 Å². The van der Waals surface area contributed by atoms with E-state index in [1.165, 1.54) is 0 Å². The first-order chi connectivity index (χ1) is 17.5. The summed E-state index contributed by atoms with van der Waals surface area (Å²) in [7, 11) is -32.5. The Morgan fingerprint density at radius 2 is 0.327 bits per heavy atom. The third-order valence-corrected chi connectivity index (χ3v) is 8.92. The maximum atomic E-state index is 11.3. The smallest absolute Gasteiger partial charge is 0.810 e. The van der Waals surface area contributed by atoms with Crippen molar-refractivity contribution in [1.29, 1.82) is 0 Å². The van der Waals surface area contributed by atoms with Crippen molar-refractivity contribution in [1.82, 2.24) is 19.6 Å². The second-order valence-electron chi connectivity index (χ2n) is 8.54. The van der Waals surface area contributed by atoms with E-state index in [9.17, 15) is 86.1 Å². The molecule has 0 fully saturated rings. The van der Waals surface area contributed by atoms with Gasteiger partial charge in [-0.25, -0.2) is 0 Å². The van der Waals surface area contributed by atoms with Gasteiger partial charge < -0.3 is 86.1 Å². The molecule has 0 rings (SSSR count). The zero-order chi connectivity index (χ0) is 31.8. The van der Waals surface area contributed by atoms with Crippen LogP contribution in [-0.4, -0.2) is 96.6 Å². The normalized spacial score (nSPS) is 11.3. The van der Waals surface area contributed by atoms with E-state index >= 15 is 0 Å². The second kappa shape index (κ2) is 54.7. The minimum absolute atomic E-state index is 0. The topological polar surface area (TPSA) is 392 Å². The van der Waals surface area contributed by atoms with Gasteiger partial charge in [0.25, 0.3) is 0 Å². The maximum Gasteiger partial charge on any atom is 1.00 e. The zero-order valence-electron chi connectivity index (χ0n) is 32.3. The fraction of sp³-hybridized carbons (Fsp3) is 1.00. The van der Waals surface area contributed by atoms with Gasteiger partial charge in [0, 0.05) is 77.0 Å². The SMILES string of the molecule is O=P([O-])([O-])CN(CCN(CCN(CP(=O)([O-])[O-])CP(=O)([O-])[O-])CP(=O)([O-])[O-])CCN(CP(=O)([O-])[O-])CP(=O)([O-])[O-].[K+].[K+].[K+].[K+].[K+].[K+].[K+].[K+].[K+].[K+].[K+].[K+]. The summed E-state index contributed by atoms with van der Waals surface area (Å²) < 4.78 is 66.7. The van der Waals surface area contributed by atoms with E-state index in [0.717, 1.165) is 0 Å². The summed E-state index contributed by atoms with van der Waals surface area (Å²) in [6.07, 6.45) is -8.51. The van der Waals surface area contributed by atoms with Gasteiger partial charge in [-0.15, -0.1) is 0 Å². The Morgan fingerprint density at radius 3 is 0.442 bits per heavy atom. The van der Waals surface area contributed by atoms with Crippen LogP contribution in [0.15, 0.2) is 0 Å². The van der Waals surface area contributed by atoms with Crippen LogP contribution in [0.25, 0.3) is 0 Å². The predicted molar refractivity (Wildman–Crippen MR) is 111 cm³/mol. The van der Waals surface area contributed by atoms with Crippen LogP contribution >= 0.6 is 45.6 Å². The van der Waals surface area contributed by atoms with Crippen molar-refractivity contribution in [3.05, 3.63) is 0 Å². The second-order valence-corrected chi connectivity index (χ2v) is 17.6. The van der Waals surface area contributed by atoms with Gasteiger partial charge in [-0.3, -0.25) is 19.6 Å². The summed E-state index contributed by atoms with van der Waals surface area (Å²) >= 11 is 0. The van der Waals surface area contributed by atoms with Gasteiger partial charge in [0.2, 0.25) is 0 Å². The van der Waals surface area contributed by atoms with E-state index in [0.29, 0.717) is 19.6 Å². The fourth-order valence-electron chi connectivity index (χ4n) is 3.20. The molecule has 22 nitrogen and oxygen atoms in total. The molecule has 0 heterocycles. The standard InChI is InChI=1S/C12H36N4O18P6.12K/c17-35(18,19)7-13(3-5-15(9-37(23,24)25)10-38(26,27)28)1-2-14(8-36(20,21)22)4-6-16(11-39(29,30)31)12-40(32,33)34;;;;;;;;;;;;/h1-12H2,(H2,17,18,19)(H2,20,21,22)(H2,23,24,25)(H2,26,27,28)(H2,29,30,31)(H2,32,33,34);;;;;;;;;;;;/q;12*+1/p-12. The van der Waals surface area contributed by atoms with E-state index in [1.807, 2.05) is 0 Å². The Hall–Kier alpha value is 20.4. The Bertz CT molecular complexity index is 982. The molecule has 0 saturated heterocycles. The number of hydrogen-bond acceptors (Lipinski definition) is 22. The van der Waals surface area contributed by atoms with Crippen molar-refractivity contribution in [2.24, 2.45) is 0 Å². The first-order valence-corrected chi connectivity index (χ1v) is 20.8. The minimum Gasteiger partial charge on any atom is -0.810 e. The van der Waals surface area contributed by atoms with Crippen LogP contribution < -0.4 is 675 Å². The molecule has 0 aliphatic heterocycles. The van der Waals surface area contributed by atoms with Crippen LogP contribution in [0.5, 0.6) is 0 Å². The number of rotatable bonds is 21. The summed E-state index contributed by atoms with van der Waals surface area (Å²) in [5, 5.41) is 0. The van der Waals surface area contributed by atoms with E-state index in [4.69, 9.17) is 0 Å². The molecule has 0 unspecified atom stereocenters. The van der Waals surface area contributed by atoms with Gasteiger partial charge in [-0.1, -0.05) is 45.6 Å². The zero-order valence-corrected chi connectivity index (χ0v) is 75.1. The fourth-order valence-corrected chi connectivity index (χ4v) is 7.98. The van der Waals surface area contributed by atoms with Crippen molar-refractivity contribution in [3.8, 4) is 0 Å². The molecule has 0 bridgehead atoms. The molecule has 0 radical (unpaired) electrons. The van der Waals surface area contributed by atoms with Crippen molar-refractivity contribution >= 4 is 45.6 Å². The molecular formula is C12H24K12N4O18P6. The van der Waals surface area contributed by atoms with Crippen LogP contribution in [0, 0.1) is 0 Å². The molecule has 0 aliphatic carbocycles. The average molecular weight is 1170 g/mol. The van der Waals surface area contributed by atoms with Crippen LogP contribution in [0.2, 0.25) is 0 Å². The monoisotopic (exact) mass is 1170 g/mol. The summed E-state index contributed by atoms with van der Waals surface area (Å²) in [6, 6.07) is 0. The Kier molecular flexibility index (Phi) is 110. The minimum atomic E-state index is -5.42. The third-order valence-electron chi connectivity index (χ3n) is 4.44. The third kappa shape index (κ3) is 79.3. The van der Waals surface area contributed by atoms with Crippen molar-refractivity contribution in [3.63, 3.8) is 0 Å². The molecule has 0 amide bonds. The van der Waals surface area contributed by atoms with Crippen molar-refractivity contribution in [2.45, 2.75) is 0 Å². The van der Waals surface area contributed by atoms with Crippen LogP contribution in [0.1, 0.15) is 0 Å². The Labute approximate surface area is 815 Å². The Morgan fingerprint density at radius 1 is 0.231 bits per heavy atom. The number of nitrogens with zero attached hydrogens (tertiary/aromatic N) is 4. The van der Waals surface area contributed by atoms with E-state index < -0.39 is 123 Å². The van der Waals surface area contributed by atoms with E-state index in [2.05, 4.69) is 0 Å². The molecular weight excluding hydrogens is 1140 g/mol. The summed E-state index contributed by atoms with van der Waals surface area (Å²) in [5.74, 6) is 0. The van der Waals surface area contributed by atoms with Crippen molar-refractivity contribution in [2.75, 3.05) is 77.0 Å². The number of hydrogen-bond donors (Lipinski definition) is 0. The van der Waals surface area contributed by atoms with Gasteiger partial charge >= 0.3 is 617 Å². The first-order valence-electron chi connectivity index (χ1n) is 10.5. The molecule has 52 heavy (non-hydrogen) atoms. The van der Waals surface area contributed by atoms with E-state index in [-0.39, 0.29) is 617 Å². The van der Waals surface area contributed by atoms with Crippen molar-refractivity contribution < 1.29 is 703 Å². The molecule has 0 spiro atoms. The van der Waals surface area contributed by atoms with E-state index in [1.54, 1.807) is 0 Å². The predicted octanol–water partition coefficient (Wildman–Crippen LogP) is -46.5.